The van der Waals surface area contributed by atoms with E-state index in [4.69, 9.17) is 10.5 Å². The van der Waals surface area contributed by atoms with Crippen molar-refractivity contribution >= 4 is 11.8 Å². The first-order valence-corrected chi connectivity index (χ1v) is 7.97. The molecule has 0 aliphatic carbocycles. The molecule has 9 nitrogen and oxygen atoms in total. The van der Waals surface area contributed by atoms with Crippen LogP contribution < -0.4 is 10.6 Å². The molecule has 0 spiro atoms. The summed E-state index contributed by atoms with van der Waals surface area (Å²) in [4.78, 5) is 21.4. The smallest absolute Gasteiger partial charge is 0.414 e. The molecule has 1 saturated heterocycles. The number of cyclic esters (lactones) is 1. The molecule has 0 saturated carbocycles. The monoisotopic (exact) mass is 357 g/mol. The Morgan fingerprint density at radius 3 is 2.92 bits per heavy atom. The van der Waals surface area contributed by atoms with Gasteiger partial charge in [0.2, 0.25) is 0 Å². The maximum absolute atomic E-state index is 14.6. The number of aromatic nitrogens is 5. The number of nitrogens with two attached hydrogens (primary N) is 1. The van der Waals surface area contributed by atoms with Crippen molar-refractivity contribution in [3.8, 4) is 5.69 Å². The Kier molecular flexibility index (Phi) is 4.09. The number of hydrogen-bond acceptors (Lipinski definition) is 6. The number of rotatable bonds is 5. The van der Waals surface area contributed by atoms with Crippen molar-refractivity contribution in [2.45, 2.75) is 12.6 Å². The van der Waals surface area contributed by atoms with Gasteiger partial charge in [-0.25, -0.2) is 23.8 Å². The van der Waals surface area contributed by atoms with Crippen molar-refractivity contribution in [2.24, 2.45) is 5.73 Å². The highest BCUT2D eigenvalue weighted by molar-refractivity contribution is 5.89. The summed E-state index contributed by atoms with van der Waals surface area (Å²) >= 11 is 0. The van der Waals surface area contributed by atoms with Crippen LogP contribution >= 0.6 is 0 Å². The Hall–Kier alpha value is -3.27. The molecule has 3 aromatic rings. The lowest BCUT2D eigenvalue weighted by molar-refractivity contribution is 0.145. The number of imidazole rings is 1. The second-order valence-electron chi connectivity index (χ2n) is 5.85. The van der Waals surface area contributed by atoms with Gasteiger partial charge in [0.05, 0.1) is 36.5 Å². The average Bonchev–Trinajstić information content (AvgIpc) is 3.36. The van der Waals surface area contributed by atoms with Crippen LogP contribution in [0.1, 0.15) is 5.69 Å². The molecule has 0 bridgehead atoms. The first-order chi connectivity index (χ1) is 12.6. The molecule has 1 atom stereocenters. The number of hydrogen-bond donors (Lipinski definition) is 1. The zero-order chi connectivity index (χ0) is 18.1. The quantitative estimate of drug-likeness (QED) is 0.729. The predicted octanol–water partition coefficient (Wildman–Crippen LogP) is 0.935. The lowest BCUT2D eigenvalue weighted by Gasteiger charge is -2.14. The number of benzene rings is 1. The first-order valence-electron chi connectivity index (χ1n) is 7.97. The number of carbonyl (C=O) groups excluding carboxylic acids is 1. The third-order valence-corrected chi connectivity index (χ3v) is 4.08. The Bertz CT molecular complexity index is 925. The van der Waals surface area contributed by atoms with Crippen LogP contribution in [0.15, 0.2) is 43.4 Å². The third-order valence-electron chi connectivity index (χ3n) is 4.08. The molecule has 2 aromatic heterocycles. The summed E-state index contributed by atoms with van der Waals surface area (Å²) in [6.45, 7) is 0.973. The molecular formula is C16H16FN7O2. The highest BCUT2D eigenvalue weighted by atomic mass is 19.1. The highest BCUT2D eigenvalue weighted by Gasteiger charge is 2.31. The molecule has 134 valence electrons. The maximum atomic E-state index is 14.6. The standard InChI is InChI=1S/C16H16FN7O2/c17-14-3-12(24-7-13(4-18)26-16(24)25)1-2-15(14)22-5-11(20-10-22)6-23-9-19-8-21-23/h1-3,5,8-10,13H,4,6-7,18H2/t13-/m0/s1. The summed E-state index contributed by atoms with van der Waals surface area (Å²) in [5.74, 6) is -0.476. The van der Waals surface area contributed by atoms with Crippen molar-refractivity contribution in [1.29, 1.82) is 0 Å². The van der Waals surface area contributed by atoms with E-state index in [1.165, 1.54) is 23.6 Å². The molecule has 10 heteroatoms. The van der Waals surface area contributed by atoms with E-state index in [9.17, 15) is 9.18 Å². The minimum Gasteiger partial charge on any atom is -0.443 e. The number of carbonyl (C=O) groups is 1. The van der Waals surface area contributed by atoms with Crippen molar-refractivity contribution in [1.82, 2.24) is 24.3 Å². The minimum atomic E-state index is -0.523. The van der Waals surface area contributed by atoms with Crippen LogP contribution in [0.5, 0.6) is 0 Å². The van der Waals surface area contributed by atoms with Gasteiger partial charge in [0, 0.05) is 12.7 Å². The zero-order valence-electron chi connectivity index (χ0n) is 13.7. The van der Waals surface area contributed by atoms with Crippen LogP contribution in [0.4, 0.5) is 14.9 Å². The number of anilines is 1. The number of amides is 1. The summed E-state index contributed by atoms with van der Waals surface area (Å²) < 4.78 is 22.9. The van der Waals surface area contributed by atoms with Crippen LogP contribution in [0.25, 0.3) is 5.69 Å². The van der Waals surface area contributed by atoms with Crippen LogP contribution in [0, 0.1) is 5.82 Å². The van der Waals surface area contributed by atoms with Crippen molar-refractivity contribution in [3.05, 3.63) is 54.9 Å². The fourth-order valence-corrected chi connectivity index (χ4v) is 2.79. The second-order valence-corrected chi connectivity index (χ2v) is 5.85. The Morgan fingerprint density at radius 1 is 1.35 bits per heavy atom. The van der Waals surface area contributed by atoms with E-state index in [-0.39, 0.29) is 12.6 Å². The SMILES string of the molecule is NC[C@H]1CN(c2ccc(-n3cnc(Cn4cncn4)c3)c(F)c2)C(=O)O1. The molecule has 3 heterocycles. The van der Waals surface area contributed by atoms with E-state index in [1.807, 2.05) is 0 Å². The van der Waals surface area contributed by atoms with Crippen molar-refractivity contribution in [3.63, 3.8) is 0 Å². The van der Waals surface area contributed by atoms with E-state index in [0.717, 1.165) is 0 Å². The summed E-state index contributed by atoms with van der Waals surface area (Å²) in [5.41, 5.74) is 6.99. The van der Waals surface area contributed by atoms with Gasteiger partial charge in [-0.1, -0.05) is 0 Å². The average molecular weight is 357 g/mol. The molecule has 2 N–H and O–H groups in total. The van der Waals surface area contributed by atoms with Crippen LogP contribution in [0.2, 0.25) is 0 Å². The van der Waals surface area contributed by atoms with Gasteiger partial charge in [0.1, 0.15) is 24.6 Å². The van der Waals surface area contributed by atoms with Crippen molar-refractivity contribution in [2.75, 3.05) is 18.0 Å². The fraction of sp³-hybridized carbons (Fsp3) is 0.250. The molecule has 1 amide bonds. The maximum Gasteiger partial charge on any atom is 0.414 e. The van der Waals surface area contributed by atoms with Crippen molar-refractivity contribution < 1.29 is 13.9 Å². The predicted molar refractivity (Wildman–Crippen MR) is 89.3 cm³/mol. The molecule has 1 aliphatic heterocycles. The Morgan fingerprint density at radius 2 is 2.23 bits per heavy atom. The van der Waals surface area contributed by atoms with Crippen LogP contribution in [-0.2, 0) is 11.3 Å². The molecule has 0 radical (unpaired) electrons. The fourth-order valence-electron chi connectivity index (χ4n) is 2.79. The summed E-state index contributed by atoms with van der Waals surface area (Å²) in [6.07, 6.45) is 5.36. The van der Waals surface area contributed by atoms with E-state index >= 15 is 0 Å². The van der Waals surface area contributed by atoms with Gasteiger partial charge >= 0.3 is 6.09 Å². The molecule has 1 aliphatic rings. The number of halogens is 1. The van der Waals surface area contributed by atoms with Gasteiger partial charge in [-0.3, -0.25) is 4.90 Å². The second kappa shape index (κ2) is 6.56. The minimum absolute atomic E-state index is 0.229. The van der Waals surface area contributed by atoms with Gasteiger partial charge < -0.3 is 15.0 Å². The van der Waals surface area contributed by atoms with Gasteiger partial charge in [0.15, 0.2) is 0 Å². The highest BCUT2D eigenvalue weighted by Crippen LogP contribution is 2.25. The topological polar surface area (TPSA) is 104 Å². The van der Waals surface area contributed by atoms with Gasteiger partial charge in [-0.2, -0.15) is 5.10 Å². The van der Waals surface area contributed by atoms with Gasteiger partial charge in [-0.15, -0.1) is 0 Å². The lowest BCUT2D eigenvalue weighted by atomic mass is 10.2. The molecule has 0 unspecified atom stereocenters. The summed E-state index contributed by atoms with van der Waals surface area (Å²) in [7, 11) is 0. The van der Waals surface area contributed by atoms with E-state index in [0.29, 0.717) is 30.2 Å². The molecule has 4 rings (SSSR count). The molecule has 1 fully saturated rings. The largest absolute Gasteiger partial charge is 0.443 e. The number of ether oxygens (including phenoxy) is 1. The Balaban J connectivity index is 1.55. The third kappa shape index (κ3) is 3.02. The van der Waals surface area contributed by atoms with Gasteiger partial charge in [0.25, 0.3) is 0 Å². The van der Waals surface area contributed by atoms with Gasteiger partial charge in [-0.05, 0) is 18.2 Å². The lowest BCUT2D eigenvalue weighted by Crippen LogP contribution is -2.27. The van der Waals surface area contributed by atoms with E-state index < -0.39 is 11.9 Å². The zero-order valence-corrected chi connectivity index (χ0v) is 13.7. The van der Waals surface area contributed by atoms with E-state index in [2.05, 4.69) is 15.1 Å². The summed E-state index contributed by atoms with van der Waals surface area (Å²) in [5, 5.41) is 4.01. The normalized spacial score (nSPS) is 16.9. The molecule has 26 heavy (non-hydrogen) atoms. The number of nitrogens with zero attached hydrogens (tertiary/aromatic N) is 6. The molecular weight excluding hydrogens is 341 g/mol. The molecule has 1 aromatic carbocycles. The van der Waals surface area contributed by atoms with E-state index in [1.54, 1.807) is 33.9 Å². The van der Waals surface area contributed by atoms with Crippen LogP contribution in [-0.4, -0.2) is 49.6 Å². The first kappa shape index (κ1) is 16.2. The summed E-state index contributed by atoms with van der Waals surface area (Å²) in [6, 6.07) is 4.55. The Labute approximate surface area is 147 Å². The van der Waals surface area contributed by atoms with Crippen LogP contribution in [0.3, 0.4) is 0 Å².